The Labute approximate surface area is 89.6 Å². The molecule has 0 aliphatic carbocycles. The molecule has 78 valence electrons. The second-order valence-electron chi connectivity index (χ2n) is 3.14. The van der Waals surface area contributed by atoms with Crippen molar-refractivity contribution in [3.8, 4) is 0 Å². The fourth-order valence-electron chi connectivity index (χ4n) is 1.10. The van der Waals surface area contributed by atoms with Crippen LogP contribution >= 0.6 is 11.3 Å². The highest BCUT2D eigenvalue weighted by molar-refractivity contribution is 7.09. The quantitative estimate of drug-likeness (QED) is 0.699. The van der Waals surface area contributed by atoms with Gasteiger partial charge in [-0.25, -0.2) is 0 Å². The van der Waals surface area contributed by atoms with Gasteiger partial charge in [-0.15, -0.1) is 17.9 Å². The van der Waals surface area contributed by atoms with Crippen molar-refractivity contribution in [1.29, 1.82) is 0 Å². The molecule has 1 aromatic heterocycles. The van der Waals surface area contributed by atoms with Crippen molar-refractivity contribution in [3.05, 3.63) is 35.0 Å². The summed E-state index contributed by atoms with van der Waals surface area (Å²) in [4.78, 5) is 1.36. The van der Waals surface area contributed by atoms with Gasteiger partial charge in [0.1, 0.15) is 0 Å². The van der Waals surface area contributed by atoms with E-state index >= 15 is 0 Å². The highest BCUT2D eigenvalue weighted by atomic mass is 32.1. The summed E-state index contributed by atoms with van der Waals surface area (Å²) in [7, 11) is 0. The zero-order valence-corrected chi connectivity index (χ0v) is 9.35. The first-order valence-corrected chi connectivity index (χ1v) is 5.66. The molecular weight excluding hydrogens is 194 g/mol. The highest BCUT2D eigenvalue weighted by Gasteiger charge is 2.00. The standard InChI is InChI=1S/C11H17NOS/c1-3-6-13-10(2)8-12-9-11-5-4-7-14-11/h3-5,7,10,12H,1,6,8-9H2,2H3. The maximum Gasteiger partial charge on any atom is 0.0675 e. The summed E-state index contributed by atoms with van der Waals surface area (Å²) in [6, 6.07) is 4.20. The Morgan fingerprint density at radius 2 is 2.57 bits per heavy atom. The van der Waals surface area contributed by atoms with Crippen LogP contribution in [0.4, 0.5) is 0 Å². The molecule has 1 rings (SSSR count). The summed E-state index contributed by atoms with van der Waals surface area (Å²) >= 11 is 1.77. The SMILES string of the molecule is C=CCOC(C)CNCc1cccs1. The zero-order chi connectivity index (χ0) is 10.2. The summed E-state index contributed by atoms with van der Waals surface area (Å²) in [5, 5.41) is 5.44. The van der Waals surface area contributed by atoms with E-state index in [2.05, 4.69) is 36.3 Å². The molecular formula is C11H17NOS. The molecule has 0 spiro atoms. The Hall–Kier alpha value is -0.640. The van der Waals surface area contributed by atoms with Crippen LogP contribution in [0.15, 0.2) is 30.2 Å². The average molecular weight is 211 g/mol. The van der Waals surface area contributed by atoms with Gasteiger partial charge in [0.05, 0.1) is 12.7 Å². The molecule has 0 aromatic carbocycles. The third-order valence-electron chi connectivity index (χ3n) is 1.81. The van der Waals surface area contributed by atoms with Crippen LogP contribution in [0.3, 0.4) is 0 Å². The van der Waals surface area contributed by atoms with Gasteiger partial charge in [0.15, 0.2) is 0 Å². The largest absolute Gasteiger partial charge is 0.373 e. The molecule has 1 N–H and O–H groups in total. The molecule has 0 radical (unpaired) electrons. The van der Waals surface area contributed by atoms with E-state index in [9.17, 15) is 0 Å². The Bertz CT molecular complexity index is 246. The number of hydrogen-bond donors (Lipinski definition) is 1. The predicted octanol–water partition coefficient (Wildman–Crippen LogP) is 2.43. The minimum atomic E-state index is 0.243. The van der Waals surface area contributed by atoms with Gasteiger partial charge in [-0.05, 0) is 18.4 Å². The van der Waals surface area contributed by atoms with E-state index in [0.29, 0.717) is 6.61 Å². The number of thiophene rings is 1. The summed E-state index contributed by atoms with van der Waals surface area (Å²) < 4.78 is 5.43. The average Bonchev–Trinajstić information content (AvgIpc) is 2.67. The van der Waals surface area contributed by atoms with Crippen molar-refractivity contribution in [2.24, 2.45) is 0 Å². The fraction of sp³-hybridized carbons (Fsp3) is 0.455. The second kappa shape index (κ2) is 6.76. The number of nitrogens with one attached hydrogen (secondary N) is 1. The topological polar surface area (TPSA) is 21.3 Å². The summed E-state index contributed by atoms with van der Waals surface area (Å²) in [5.41, 5.74) is 0. The van der Waals surface area contributed by atoms with Crippen molar-refractivity contribution >= 4 is 11.3 Å². The van der Waals surface area contributed by atoms with Gasteiger partial charge in [0.2, 0.25) is 0 Å². The summed E-state index contributed by atoms with van der Waals surface area (Å²) in [5.74, 6) is 0. The lowest BCUT2D eigenvalue weighted by molar-refractivity contribution is 0.0878. The Kier molecular flexibility index (Phi) is 5.52. The van der Waals surface area contributed by atoms with Gasteiger partial charge < -0.3 is 10.1 Å². The van der Waals surface area contributed by atoms with E-state index in [0.717, 1.165) is 13.1 Å². The molecule has 0 aliphatic heterocycles. The Morgan fingerprint density at radius 1 is 1.71 bits per heavy atom. The second-order valence-corrected chi connectivity index (χ2v) is 4.18. The summed E-state index contributed by atoms with van der Waals surface area (Å²) in [6.45, 7) is 8.11. The van der Waals surface area contributed by atoms with Gasteiger partial charge in [-0.1, -0.05) is 12.1 Å². The van der Waals surface area contributed by atoms with Crippen LogP contribution in [0.1, 0.15) is 11.8 Å². The molecule has 14 heavy (non-hydrogen) atoms. The van der Waals surface area contributed by atoms with Crippen molar-refractivity contribution in [3.63, 3.8) is 0 Å². The van der Waals surface area contributed by atoms with Gasteiger partial charge in [0.25, 0.3) is 0 Å². The molecule has 1 atom stereocenters. The van der Waals surface area contributed by atoms with E-state index in [1.54, 1.807) is 17.4 Å². The third kappa shape index (κ3) is 4.56. The number of hydrogen-bond acceptors (Lipinski definition) is 3. The van der Waals surface area contributed by atoms with Crippen LogP contribution in [0.5, 0.6) is 0 Å². The maximum atomic E-state index is 5.43. The molecule has 0 fully saturated rings. The molecule has 0 saturated heterocycles. The van der Waals surface area contributed by atoms with Gasteiger partial charge >= 0.3 is 0 Å². The fourth-order valence-corrected chi connectivity index (χ4v) is 1.78. The molecule has 1 heterocycles. The maximum absolute atomic E-state index is 5.43. The highest BCUT2D eigenvalue weighted by Crippen LogP contribution is 2.07. The minimum absolute atomic E-state index is 0.243. The van der Waals surface area contributed by atoms with Gasteiger partial charge in [-0.3, -0.25) is 0 Å². The zero-order valence-electron chi connectivity index (χ0n) is 8.53. The van der Waals surface area contributed by atoms with E-state index in [4.69, 9.17) is 4.74 Å². The Morgan fingerprint density at radius 3 is 3.21 bits per heavy atom. The van der Waals surface area contributed by atoms with E-state index in [-0.39, 0.29) is 6.10 Å². The predicted molar refractivity (Wildman–Crippen MR) is 61.6 cm³/mol. The molecule has 3 heteroatoms. The van der Waals surface area contributed by atoms with E-state index in [1.165, 1.54) is 4.88 Å². The van der Waals surface area contributed by atoms with Gasteiger partial charge in [0, 0.05) is 18.0 Å². The van der Waals surface area contributed by atoms with Crippen LogP contribution in [0.25, 0.3) is 0 Å². The molecule has 1 aromatic rings. The summed E-state index contributed by atoms with van der Waals surface area (Å²) in [6.07, 6.45) is 2.02. The lowest BCUT2D eigenvalue weighted by Gasteiger charge is -2.11. The van der Waals surface area contributed by atoms with E-state index < -0.39 is 0 Å². The van der Waals surface area contributed by atoms with Crippen LogP contribution in [-0.4, -0.2) is 19.3 Å². The number of rotatable bonds is 7. The van der Waals surface area contributed by atoms with Crippen LogP contribution < -0.4 is 5.32 Å². The molecule has 1 unspecified atom stereocenters. The lowest BCUT2D eigenvalue weighted by atomic mass is 10.4. The first-order valence-electron chi connectivity index (χ1n) is 4.78. The van der Waals surface area contributed by atoms with Crippen molar-refractivity contribution in [2.75, 3.05) is 13.2 Å². The molecule has 0 bridgehead atoms. The normalized spacial score (nSPS) is 12.6. The molecule has 2 nitrogen and oxygen atoms in total. The smallest absolute Gasteiger partial charge is 0.0675 e. The van der Waals surface area contributed by atoms with Crippen molar-refractivity contribution in [1.82, 2.24) is 5.32 Å². The lowest BCUT2D eigenvalue weighted by Crippen LogP contribution is -2.26. The molecule has 0 aliphatic rings. The third-order valence-corrected chi connectivity index (χ3v) is 2.69. The van der Waals surface area contributed by atoms with Gasteiger partial charge in [-0.2, -0.15) is 0 Å². The van der Waals surface area contributed by atoms with E-state index in [1.807, 2.05) is 0 Å². The Balaban J connectivity index is 2.06. The first-order chi connectivity index (χ1) is 6.83. The van der Waals surface area contributed by atoms with Crippen molar-refractivity contribution in [2.45, 2.75) is 19.6 Å². The van der Waals surface area contributed by atoms with Crippen molar-refractivity contribution < 1.29 is 4.74 Å². The van der Waals surface area contributed by atoms with Crippen LogP contribution in [-0.2, 0) is 11.3 Å². The monoisotopic (exact) mass is 211 g/mol. The first kappa shape index (κ1) is 11.4. The minimum Gasteiger partial charge on any atom is -0.373 e. The van der Waals surface area contributed by atoms with Crippen LogP contribution in [0.2, 0.25) is 0 Å². The number of ether oxygens (including phenoxy) is 1. The molecule has 0 saturated carbocycles. The molecule has 0 amide bonds. The van der Waals surface area contributed by atoms with Crippen LogP contribution in [0, 0.1) is 0 Å².